The van der Waals surface area contributed by atoms with E-state index in [2.05, 4.69) is 10.0 Å². The number of ether oxygens (including phenoxy) is 1. The summed E-state index contributed by atoms with van der Waals surface area (Å²) < 4.78 is 31.7. The smallest absolute Gasteiger partial charge is 0.212 e. The molecular formula is C10H21ClN2O3S. The number of nitrogens with one attached hydrogen (secondary N) is 2. The minimum Gasteiger partial charge on any atom is -0.381 e. The van der Waals surface area contributed by atoms with E-state index >= 15 is 0 Å². The van der Waals surface area contributed by atoms with Crippen molar-refractivity contribution in [2.24, 2.45) is 5.92 Å². The van der Waals surface area contributed by atoms with E-state index in [0.29, 0.717) is 13.2 Å². The molecule has 0 radical (unpaired) electrons. The minimum absolute atomic E-state index is 0. The standard InChI is InChI=1S/C10H20N2O3S.ClH/c13-16(14,8-9-3-5-15-7-9)12-10-2-1-4-11-6-10;/h9-12H,1-8H2;1H/t9?,10-;/m0./s1. The van der Waals surface area contributed by atoms with Crippen LogP contribution in [0.5, 0.6) is 0 Å². The Morgan fingerprint density at radius 1 is 1.35 bits per heavy atom. The zero-order valence-electron chi connectivity index (χ0n) is 9.85. The van der Waals surface area contributed by atoms with Gasteiger partial charge in [-0.25, -0.2) is 13.1 Å². The second-order valence-electron chi connectivity index (χ2n) is 4.67. The van der Waals surface area contributed by atoms with Gasteiger partial charge in [-0.2, -0.15) is 0 Å². The summed E-state index contributed by atoms with van der Waals surface area (Å²) in [5.41, 5.74) is 0. The molecule has 0 spiro atoms. The Hall–Kier alpha value is 0.120. The quantitative estimate of drug-likeness (QED) is 0.769. The lowest BCUT2D eigenvalue weighted by Crippen LogP contribution is -2.46. The van der Waals surface area contributed by atoms with Crippen molar-refractivity contribution in [2.45, 2.75) is 25.3 Å². The Morgan fingerprint density at radius 2 is 2.18 bits per heavy atom. The van der Waals surface area contributed by atoms with Crippen LogP contribution in [0.15, 0.2) is 0 Å². The van der Waals surface area contributed by atoms with Crippen LogP contribution in [0.3, 0.4) is 0 Å². The maximum Gasteiger partial charge on any atom is 0.212 e. The first-order valence-corrected chi connectivity index (χ1v) is 7.59. The number of hydrogen-bond acceptors (Lipinski definition) is 4. The van der Waals surface area contributed by atoms with Crippen LogP contribution in [-0.4, -0.2) is 46.5 Å². The van der Waals surface area contributed by atoms with Crippen molar-refractivity contribution < 1.29 is 13.2 Å². The Balaban J connectivity index is 0.00000144. The van der Waals surface area contributed by atoms with E-state index in [0.717, 1.165) is 32.4 Å². The molecule has 0 saturated carbocycles. The predicted octanol–water partition coefficient (Wildman–Crippen LogP) is 0.116. The summed E-state index contributed by atoms with van der Waals surface area (Å²) in [5.74, 6) is 0.387. The average Bonchev–Trinajstić information content (AvgIpc) is 2.70. The minimum atomic E-state index is -3.13. The molecule has 2 atom stereocenters. The van der Waals surface area contributed by atoms with E-state index < -0.39 is 10.0 Å². The highest BCUT2D eigenvalue weighted by Gasteiger charge is 2.25. The van der Waals surface area contributed by atoms with E-state index in [4.69, 9.17) is 4.74 Å². The van der Waals surface area contributed by atoms with Gasteiger partial charge in [0.2, 0.25) is 10.0 Å². The van der Waals surface area contributed by atoms with Crippen LogP contribution in [-0.2, 0) is 14.8 Å². The van der Waals surface area contributed by atoms with Crippen molar-refractivity contribution in [3.63, 3.8) is 0 Å². The molecule has 2 aliphatic heterocycles. The lowest BCUT2D eigenvalue weighted by molar-refractivity contribution is 0.188. The molecule has 1 unspecified atom stereocenters. The first-order chi connectivity index (χ1) is 7.66. The van der Waals surface area contributed by atoms with E-state index in [1.165, 1.54) is 0 Å². The van der Waals surface area contributed by atoms with E-state index in [1.54, 1.807) is 0 Å². The molecule has 0 aliphatic carbocycles. The van der Waals surface area contributed by atoms with Crippen molar-refractivity contribution in [1.29, 1.82) is 0 Å². The molecule has 17 heavy (non-hydrogen) atoms. The lowest BCUT2D eigenvalue weighted by Gasteiger charge is -2.24. The fourth-order valence-corrected chi connectivity index (χ4v) is 3.97. The number of rotatable bonds is 4. The van der Waals surface area contributed by atoms with Crippen LogP contribution in [0.1, 0.15) is 19.3 Å². The fourth-order valence-electron chi connectivity index (χ4n) is 2.28. The summed E-state index contributed by atoms with van der Waals surface area (Å²) in [6.07, 6.45) is 2.84. The van der Waals surface area contributed by atoms with Gasteiger partial charge in [0.15, 0.2) is 0 Å². The number of sulfonamides is 1. The van der Waals surface area contributed by atoms with Crippen molar-refractivity contribution in [2.75, 3.05) is 32.1 Å². The summed E-state index contributed by atoms with van der Waals surface area (Å²) in [4.78, 5) is 0. The molecule has 0 aromatic heterocycles. The highest BCUT2D eigenvalue weighted by atomic mass is 35.5. The molecule has 0 aromatic rings. The van der Waals surface area contributed by atoms with Crippen LogP contribution < -0.4 is 10.0 Å². The Labute approximate surface area is 109 Å². The van der Waals surface area contributed by atoms with Gasteiger partial charge in [-0.05, 0) is 31.7 Å². The molecule has 2 heterocycles. The van der Waals surface area contributed by atoms with Gasteiger partial charge in [-0.15, -0.1) is 12.4 Å². The van der Waals surface area contributed by atoms with Gasteiger partial charge in [0.1, 0.15) is 0 Å². The summed E-state index contributed by atoms with van der Waals surface area (Å²) in [7, 11) is -3.13. The van der Waals surface area contributed by atoms with Gasteiger partial charge in [0, 0.05) is 19.2 Å². The first-order valence-electron chi connectivity index (χ1n) is 5.94. The third-order valence-electron chi connectivity index (χ3n) is 3.12. The van der Waals surface area contributed by atoms with Crippen LogP contribution in [0.4, 0.5) is 0 Å². The van der Waals surface area contributed by atoms with Crippen LogP contribution >= 0.6 is 12.4 Å². The van der Waals surface area contributed by atoms with Gasteiger partial charge < -0.3 is 10.1 Å². The largest absolute Gasteiger partial charge is 0.381 e. The van der Waals surface area contributed by atoms with E-state index in [-0.39, 0.29) is 30.1 Å². The van der Waals surface area contributed by atoms with Crippen molar-refractivity contribution in [3.05, 3.63) is 0 Å². The molecule has 2 fully saturated rings. The molecule has 7 heteroatoms. The third kappa shape index (κ3) is 5.09. The van der Waals surface area contributed by atoms with Gasteiger partial charge >= 0.3 is 0 Å². The first kappa shape index (κ1) is 15.2. The van der Waals surface area contributed by atoms with Crippen molar-refractivity contribution in [3.8, 4) is 0 Å². The van der Waals surface area contributed by atoms with Crippen molar-refractivity contribution in [1.82, 2.24) is 10.0 Å². The summed E-state index contributed by atoms with van der Waals surface area (Å²) in [5, 5.41) is 3.20. The maximum absolute atomic E-state index is 11.9. The highest BCUT2D eigenvalue weighted by Crippen LogP contribution is 2.14. The monoisotopic (exact) mass is 284 g/mol. The molecule has 2 aliphatic rings. The molecule has 0 bridgehead atoms. The van der Waals surface area contributed by atoms with Gasteiger partial charge in [-0.3, -0.25) is 0 Å². The third-order valence-corrected chi connectivity index (χ3v) is 4.72. The molecule has 102 valence electrons. The summed E-state index contributed by atoms with van der Waals surface area (Å²) in [6, 6.07) is 0.0704. The number of hydrogen-bond donors (Lipinski definition) is 2. The maximum atomic E-state index is 11.9. The predicted molar refractivity (Wildman–Crippen MR) is 69.0 cm³/mol. The van der Waals surface area contributed by atoms with Crippen LogP contribution in [0.2, 0.25) is 0 Å². The fraction of sp³-hybridized carbons (Fsp3) is 1.00. The average molecular weight is 285 g/mol. The SMILES string of the molecule is Cl.O=S(=O)(CC1CCOC1)N[C@H]1CCCNC1. The van der Waals surface area contributed by atoms with Gasteiger partial charge in [0.25, 0.3) is 0 Å². The normalized spacial score (nSPS) is 29.9. The Bertz CT molecular complexity index is 312. The van der Waals surface area contributed by atoms with Crippen LogP contribution in [0, 0.1) is 5.92 Å². The summed E-state index contributed by atoms with van der Waals surface area (Å²) >= 11 is 0. The number of piperidine rings is 1. The zero-order valence-corrected chi connectivity index (χ0v) is 11.5. The highest BCUT2D eigenvalue weighted by molar-refractivity contribution is 7.89. The molecule has 2 N–H and O–H groups in total. The molecule has 5 nitrogen and oxygen atoms in total. The van der Waals surface area contributed by atoms with E-state index in [9.17, 15) is 8.42 Å². The molecular weight excluding hydrogens is 264 g/mol. The molecule has 2 saturated heterocycles. The van der Waals surface area contributed by atoms with Crippen molar-refractivity contribution >= 4 is 22.4 Å². The Morgan fingerprint density at radius 3 is 2.76 bits per heavy atom. The lowest BCUT2D eigenvalue weighted by atomic mass is 10.1. The summed E-state index contributed by atoms with van der Waals surface area (Å²) in [6.45, 7) is 3.03. The van der Waals surface area contributed by atoms with Gasteiger partial charge in [-0.1, -0.05) is 0 Å². The molecule has 0 aromatic carbocycles. The molecule has 2 rings (SSSR count). The Kier molecular flexibility index (Phi) is 6.16. The second kappa shape index (κ2) is 6.89. The topological polar surface area (TPSA) is 67.4 Å². The number of halogens is 1. The van der Waals surface area contributed by atoms with Gasteiger partial charge in [0.05, 0.1) is 12.4 Å². The zero-order chi connectivity index (χ0) is 11.4. The van der Waals surface area contributed by atoms with Crippen LogP contribution in [0.25, 0.3) is 0 Å². The molecule has 0 amide bonds. The van der Waals surface area contributed by atoms with E-state index in [1.807, 2.05) is 0 Å². The second-order valence-corrected chi connectivity index (χ2v) is 6.47.